The van der Waals surface area contributed by atoms with Crippen molar-refractivity contribution in [3.05, 3.63) is 59.7 Å². The summed E-state index contributed by atoms with van der Waals surface area (Å²) < 4.78 is 5.12. The quantitative estimate of drug-likeness (QED) is 0.850. The van der Waals surface area contributed by atoms with Crippen molar-refractivity contribution in [1.29, 1.82) is 0 Å². The van der Waals surface area contributed by atoms with Crippen LogP contribution in [0.25, 0.3) is 0 Å². The molecule has 0 bridgehead atoms. The van der Waals surface area contributed by atoms with Crippen LogP contribution in [0.3, 0.4) is 0 Å². The molecule has 0 spiro atoms. The molecular formula is C19H18N2O4. The summed E-state index contributed by atoms with van der Waals surface area (Å²) in [5, 5.41) is 6.78. The molecule has 2 aromatic carbocycles. The minimum absolute atomic E-state index is 0.0189. The normalized spacial score (nSPS) is 15.9. The first-order valence-corrected chi connectivity index (χ1v) is 7.86. The second-order valence-electron chi connectivity index (χ2n) is 5.69. The van der Waals surface area contributed by atoms with E-state index in [4.69, 9.17) is 9.57 Å². The van der Waals surface area contributed by atoms with Crippen molar-refractivity contribution in [3.8, 4) is 5.75 Å². The number of nitrogens with zero attached hydrogens (tertiary/aromatic N) is 1. The highest BCUT2D eigenvalue weighted by Gasteiger charge is 2.29. The van der Waals surface area contributed by atoms with Crippen molar-refractivity contribution < 1.29 is 19.2 Å². The molecule has 0 unspecified atom stereocenters. The Morgan fingerprint density at radius 2 is 1.80 bits per heavy atom. The van der Waals surface area contributed by atoms with Gasteiger partial charge < -0.3 is 14.9 Å². The van der Waals surface area contributed by atoms with Crippen LogP contribution in [0.1, 0.15) is 29.3 Å². The Morgan fingerprint density at radius 3 is 2.40 bits per heavy atom. The highest BCUT2D eigenvalue weighted by atomic mass is 16.6. The average Bonchev–Trinajstić information content (AvgIpc) is 3.12. The number of amides is 1. The standard InChI is InChI=1S/C19H18N2O4/c1-12(22)13-3-7-15(8-4-13)20-19(23)18-11-17(21-25-18)14-5-9-16(24-2)10-6-14/h3-10,18H,11H2,1-2H3,(H,20,23)/t18-/m0/s1. The van der Waals surface area contributed by atoms with E-state index < -0.39 is 6.10 Å². The number of benzene rings is 2. The van der Waals surface area contributed by atoms with Crippen LogP contribution in [-0.4, -0.2) is 30.6 Å². The van der Waals surface area contributed by atoms with E-state index in [1.807, 2.05) is 24.3 Å². The van der Waals surface area contributed by atoms with Crippen LogP contribution in [0, 0.1) is 0 Å². The van der Waals surface area contributed by atoms with Crippen LogP contribution in [0.2, 0.25) is 0 Å². The smallest absolute Gasteiger partial charge is 0.268 e. The van der Waals surface area contributed by atoms with Gasteiger partial charge in [0.05, 0.1) is 12.8 Å². The van der Waals surface area contributed by atoms with E-state index in [9.17, 15) is 9.59 Å². The predicted molar refractivity (Wildman–Crippen MR) is 94.1 cm³/mol. The molecule has 0 radical (unpaired) electrons. The van der Waals surface area contributed by atoms with Crippen LogP contribution < -0.4 is 10.1 Å². The molecule has 0 fully saturated rings. The molecule has 25 heavy (non-hydrogen) atoms. The molecule has 128 valence electrons. The molecule has 1 atom stereocenters. The van der Waals surface area contributed by atoms with Gasteiger partial charge >= 0.3 is 0 Å². The Kier molecular flexibility index (Phi) is 4.79. The summed E-state index contributed by atoms with van der Waals surface area (Å²) >= 11 is 0. The largest absolute Gasteiger partial charge is 0.497 e. The molecule has 1 aliphatic rings. The summed E-state index contributed by atoms with van der Waals surface area (Å²) in [5.74, 6) is 0.462. The first kappa shape index (κ1) is 16.7. The number of Topliss-reactive ketones (excluding diaryl/α,β-unsaturated/α-hetero) is 1. The van der Waals surface area contributed by atoms with Gasteiger partial charge in [0, 0.05) is 17.7 Å². The summed E-state index contributed by atoms with van der Waals surface area (Å²) in [7, 11) is 1.61. The van der Waals surface area contributed by atoms with E-state index in [0.29, 0.717) is 17.7 Å². The lowest BCUT2D eigenvalue weighted by molar-refractivity contribution is -0.125. The number of anilines is 1. The minimum Gasteiger partial charge on any atom is -0.497 e. The number of hydrogen-bond acceptors (Lipinski definition) is 5. The summed E-state index contributed by atoms with van der Waals surface area (Å²) in [6.45, 7) is 1.50. The molecule has 3 rings (SSSR count). The number of ketones is 1. The molecule has 2 aromatic rings. The number of carbonyl (C=O) groups is 2. The molecular weight excluding hydrogens is 320 g/mol. The number of nitrogens with one attached hydrogen (secondary N) is 1. The number of carbonyl (C=O) groups excluding carboxylic acids is 2. The maximum Gasteiger partial charge on any atom is 0.268 e. The van der Waals surface area contributed by atoms with Crippen molar-refractivity contribution in [2.75, 3.05) is 12.4 Å². The van der Waals surface area contributed by atoms with Crippen molar-refractivity contribution in [2.24, 2.45) is 5.16 Å². The Labute approximate surface area is 145 Å². The Balaban J connectivity index is 1.60. The van der Waals surface area contributed by atoms with Gasteiger partial charge in [-0.3, -0.25) is 9.59 Å². The zero-order chi connectivity index (χ0) is 17.8. The van der Waals surface area contributed by atoms with Crippen LogP contribution in [0.15, 0.2) is 53.7 Å². The van der Waals surface area contributed by atoms with E-state index >= 15 is 0 Å². The fourth-order valence-corrected chi connectivity index (χ4v) is 2.48. The SMILES string of the molecule is COc1ccc(C2=NO[C@H](C(=O)Nc3ccc(C(C)=O)cc3)C2)cc1. The van der Waals surface area contributed by atoms with Crippen LogP contribution in [0.5, 0.6) is 5.75 Å². The third-order valence-corrected chi connectivity index (χ3v) is 3.94. The highest BCUT2D eigenvalue weighted by molar-refractivity contribution is 6.06. The Bertz CT molecular complexity index is 810. The van der Waals surface area contributed by atoms with Gasteiger partial charge in [-0.25, -0.2) is 0 Å². The van der Waals surface area contributed by atoms with Gasteiger partial charge in [-0.15, -0.1) is 0 Å². The third-order valence-electron chi connectivity index (χ3n) is 3.94. The van der Waals surface area contributed by atoms with Crippen molar-refractivity contribution in [2.45, 2.75) is 19.4 Å². The van der Waals surface area contributed by atoms with E-state index in [-0.39, 0.29) is 11.7 Å². The Morgan fingerprint density at radius 1 is 1.12 bits per heavy atom. The highest BCUT2D eigenvalue weighted by Crippen LogP contribution is 2.20. The fourth-order valence-electron chi connectivity index (χ4n) is 2.48. The van der Waals surface area contributed by atoms with Crippen molar-refractivity contribution in [1.82, 2.24) is 0 Å². The van der Waals surface area contributed by atoms with Gasteiger partial charge in [0.25, 0.3) is 5.91 Å². The summed E-state index contributed by atoms with van der Waals surface area (Å²) in [5.41, 5.74) is 2.81. The number of rotatable bonds is 5. The first-order valence-electron chi connectivity index (χ1n) is 7.86. The van der Waals surface area contributed by atoms with Gasteiger partial charge in [0.1, 0.15) is 5.75 Å². The van der Waals surface area contributed by atoms with Gasteiger partial charge in [0.15, 0.2) is 5.78 Å². The maximum atomic E-state index is 12.3. The predicted octanol–water partition coefficient (Wildman–Crippen LogP) is 3.03. The van der Waals surface area contributed by atoms with Gasteiger partial charge in [-0.2, -0.15) is 0 Å². The lowest BCUT2D eigenvalue weighted by Crippen LogP contribution is -2.28. The van der Waals surface area contributed by atoms with Crippen LogP contribution in [-0.2, 0) is 9.63 Å². The first-order chi connectivity index (χ1) is 12.1. The molecule has 1 heterocycles. The van der Waals surface area contributed by atoms with E-state index in [1.54, 1.807) is 31.4 Å². The van der Waals surface area contributed by atoms with Crippen LogP contribution >= 0.6 is 0 Å². The second kappa shape index (κ2) is 7.17. The summed E-state index contributed by atoms with van der Waals surface area (Å²) in [6.07, 6.45) is -0.284. The maximum absolute atomic E-state index is 12.3. The lowest BCUT2D eigenvalue weighted by Gasteiger charge is -2.09. The van der Waals surface area contributed by atoms with Gasteiger partial charge in [-0.1, -0.05) is 5.16 Å². The zero-order valence-electron chi connectivity index (χ0n) is 14.0. The molecule has 0 saturated carbocycles. The molecule has 1 aliphatic heterocycles. The number of hydrogen-bond donors (Lipinski definition) is 1. The van der Waals surface area contributed by atoms with Gasteiger partial charge in [0.2, 0.25) is 6.10 Å². The molecule has 1 amide bonds. The molecule has 1 N–H and O–H groups in total. The number of methoxy groups -OCH3 is 1. The number of ether oxygens (including phenoxy) is 1. The Hall–Kier alpha value is -3.15. The average molecular weight is 338 g/mol. The van der Waals surface area contributed by atoms with E-state index in [0.717, 1.165) is 17.0 Å². The lowest BCUT2D eigenvalue weighted by atomic mass is 10.0. The number of oxime groups is 1. The molecule has 6 heteroatoms. The molecule has 0 aliphatic carbocycles. The van der Waals surface area contributed by atoms with Crippen LogP contribution in [0.4, 0.5) is 5.69 Å². The fraction of sp³-hybridized carbons (Fsp3) is 0.211. The van der Waals surface area contributed by atoms with Crippen molar-refractivity contribution in [3.63, 3.8) is 0 Å². The molecule has 6 nitrogen and oxygen atoms in total. The van der Waals surface area contributed by atoms with Crippen molar-refractivity contribution >= 4 is 23.1 Å². The molecule has 0 saturated heterocycles. The topological polar surface area (TPSA) is 77.0 Å². The summed E-state index contributed by atoms with van der Waals surface area (Å²) in [6, 6.07) is 14.1. The van der Waals surface area contributed by atoms with E-state index in [1.165, 1.54) is 6.92 Å². The third kappa shape index (κ3) is 3.85. The second-order valence-corrected chi connectivity index (χ2v) is 5.69. The van der Waals surface area contributed by atoms with E-state index in [2.05, 4.69) is 10.5 Å². The zero-order valence-corrected chi connectivity index (χ0v) is 14.0. The summed E-state index contributed by atoms with van der Waals surface area (Å²) in [4.78, 5) is 28.8. The minimum atomic E-state index is -0.676. The monoisotopic (exact) mass is 338 g/mol. The molecule has 0 aromatic heterocycles. The van der Waals surface area contributed by atoms with Gasteiger partial charge in [-0.05, 0) is 61.0 Å².